The van der Waals surface area contributed by atoms with Crippen LogP contribution in [0.1, 0.15) is 120 Å². The molecule has 6 aromatic rings. The Labute approximate surface area is 356 Å². The summed E-state index contributed by atoms with van der Waals surface area (Å²) in [5.41, 5.74) is 18.5. The zero-order valence-corrected chi connectivity index (χ0v) is 36.6. The van der Waals surface area contributed by atoms with Crippen LogP contribution < -0.4 is 4.90 Å². The molecule has 296 valence electrons. The molecule has 0 aromatic heterocycles. The Morgan fingerprint density at radius 3 is 1.78 bits per heavy atom. The summed E-state index contributed by atoms with van der Waals surface area (Å²) in [5, 5.41) is 0. The summed E-state index contributed by atoms with van der Waals surface area (Å²) in [6.45, 7) is 14.6. The van der Waals surface area contributed by atoms with Gasteiger partial charge in [0, 0.05) is 37.6 Å². The number of fused-ring (bicyclic) bond motifs is 6. The van der Waals surface area contributed by atoms with E-state index in [1.54, 1.807) is 11.1 Å². The summed E-state index contributed by atoms with van der Waals surface area (Å²) in [4.78, 5) is 5.60. The molecule has 6 aliphatic carbocycles. The van der Waals surface area contributed by atoms with Gasteiger partial charge < -0.3 is 4.90 Å². The van der Waals surface area contributed by atoms with E-state index < -0.39 is 0 Å². The molecule has 1 aliphatic heterocycles. The lowest BCUT2D eigenvalue weighted by atomic mass is 9.42. The van der Waals surface area contributed by atoms with Crippen LogP contribution in [0.2, 0.25) is 0 Å². The Morgan fingerprint density at radius 1 is 0.458 bits per heavy atom. The Morgan fingerprint density at radius 2 is 1.03 bits per heavy atom. The molecular weight excluding hydrogens is 731 g/mol. The molecule has 13 rings (SSSR count). The lowest BCUT2D eigenvalue weighted by Gasteiger charge is -2.63. The molecule has 2 heteroatoms. The summed E-state index contributed by atoms with van der Waals surface area (Å²) in [7, 11) is 0. The minimum Gasteiger partial charge on any atom is -0.310 e. The van der Waals surface area contributed by atoms with Gasteiger partial charge in [0.15, 0.2) is 0 Å². The molecule has 1 nitrogen and oxygen atoms in total. The molecule has 4 saturated carbocycles. The second-order valence-corrected chi connectivity index (χ2v) is 22.3. The van der Waals surface area contributed by atoms with E-state index in [9.17, 15) is 0 Å². The van der Waals surface area contributed by atoms with Gasteiger partial charge in [-0.1, -0.05) is 138 Å². The fourth-order valence-corrected chi connectivity index (χ4v) is 15.2. The van der Waals surface area contributed by atoms with Crippen molar-refractivity contribution >= 4 is 28.8 Å². The van der Waals surface area contributed by atoms with Gasteiger partial charge in [0.1, 0.15) is 0 Å². The molecule has 7 aliphatic rings. The normalized spacial score (nSPS) is 26.7. The van der Waals surface area contributed by atoms with Crippen molar-refractivity contribution in [3.8, 4) is 22.3 Å². The Kier molecular flexibility index (Phi) is 7.70. The molecule has 0 saturated heterocycles. The van der Waals surface area contributed by atoms with E-state index >= 15 is 0 Å². The van der Waals surface area contributed by atoms with E-state index in [0.29, 0.717) is 11.8 Å². The van der Waals surface area contributed by atoms with Gasteiger partial charge in [-0.05, 0) is 172 Å². The Bertz CT molecular complexity index is 2680. The number of rotatable bonds is 4. The van der Waals surface area contributed by atoms with Crippen LogP contribution in [-0.4, -0.2) is 0 Å². The summed E-state index contributed by atoms with van der Waals surface area (Å²) < 4.78 is 0. The Balaban J connectivity index is 1.08. The molecule has 6 aromatic carbocycles. The van der Waals surface area contributed by atoms with E-state index in [-0.39, 0.29) is 21.7 Å². The summed E-state index contributed by atoms with van der Waals surface area (Å²) in [6.07, 6.45) is 9.43. The summed E-state index contributed by atoms with van der Waals surface area (Å²) in [5.74, 6) is 3.23. The number of benzene rings is 6. The van der Waals surface area contributed by atoms with Gasteiger partial charge in [-0.25, -0.2) is 0 Å². The lowest BCUT2D eigenvalue weighted by molar-refractivity contribution is -0.0443. The van der Waals surface area contributed by atoms with Gasteiger partial charge in [0.2, 0.25) is 0 Å². The topological polar surface area (TPSA) is 3.24 Å². The molecule has 0 unspecified atom stereocenters. The highest BCUT2D eigenvalue weighted by molar-refractivity contribution is 7.99. The number of nitrogens with zero attached hydrogens (tertiary/aromatic N) is 1. The van der Waals surface area contributed by atoms with E-state index in [1.807, 2.05) is 11.8 Å². The number of hydrogen-bond donors (Lipinski definition) is 0. The van der Waals surface area contributed by atoms with E-state index in [2.05, 4.69) is 174 Å². The predicted molar refractivity (Wildman–Crippen MR) is 248 cm³/mol. The first-order valence-corrected chi connectivity index (χ1v) is 23.5. The van der Waals surface area contributed by atoms with Crippen molar-refractivity contribution in [2.75, 3.05) is 4.90 Å². The van der Waals surface area contributed by atoms with Crippen LogP contribution >= 0.6 is 11.8 Å². The van der Waals surface area contributed by atoms with Crippen LogP contribution in [0.25, 0.3) is 22.3 Å². The van der Waals surface area contributed by atoms with Crippen molar-refractivity contribution in [3.63, 3.8) is 0 Å². The van der Waals surface area contributed by atoms with Crippen LogP contribution in [0, 0.1) is 23.7 Å². The largest absolute Gasteiger partial charge is 0.310 e. The fraction of sp³-hybridized carbons (Fsp3) is 0.368. The van der Waals surface area contributed by atoms with E-state index in [0.717, 1.165) is 11.8 Å². The molecule has 1 heterocycles. The van der Waals surface area contributed by atoms with Crippen molar-refractivity contribution < 1.29 is 0 Å². The standard InChI is InChI=1S/C57H57NS/c1-54(2)25-26-55(3,4)49-32-37(19-23-46(49)54)42-13-8-11-17-51(42)58(40-20-22-44-43-14-7-9-15-45(43)56(5,6)48(44)33-40)41-21-24-53-50(34-41)57(47-16-10-12-18-52(47)59-53)38-28-35-27-36(30-38)31-39(57)29-35/h7-24,32-36,38-39H,25-31H2,1-6H3. The molecule has 1 spiro atoms. The first kappa shape index (κ1) is 36.3. The SMILES string of the molecule is CC1(C)CCC(C)(C)c2cc(-c3ccccc3N(c3ccc4c(c3)C(C)(C)c3ccccc3-4)c3ccc4c(c3)C3(c5ccccc5S4)C4CC5CC(C4)CC3C5)ccc21. The highest BCUT2D eigenvalue weighted by atomic mass is 32.2. The van der Waals surface area contributed by atoms with Crippen molar-refractivity contribution in [1.29, 1.82) is 0 Å². The number of hydrogen-bond acceptors (Lipinski definition) is 2. The molecule has 0 N–H and O–H groups in total. The van der Waals surface area contributed by atoms with Crippen LogP contribution in [0.5, 0.6) is 0 Å². The second-order valence-electron chi connectivity index (χ2n) is 21.2. The molecule has 0 amide bonds. The molecule has 59 heavy (non-hydrogen) atoms. The summed E-state index contributed by atoms with van der Waals surface area (Å²) in [6, 6.07) is 50.3. The molecule has 4 fully saturated rings. The van der Waals surface area contributed by atoms with E-state index in [4.69, 9.17) is 0 Å². The van der Waals surface area contributed by atoms with E-state index in [1.165, 1.54) is 116 Å². The Hall–Kier alpha value is -4.53. The molecular formula is C57H57NS. The van der Waals surface area contributed by atoms with Gasteiger partial charge in [-0.2, -0.15) is 0 Å². The highest BCUT2D eigenvalue weighted by Crippen LogP contribution is 2.69. The van der Waals surface area contributed by atoms with Gasteiger partial charge in [0.25, 0.3) is 0 Å². The second kappa shape index (κ2) is 12.5. The maximum Gasteiger partial charge on any atom is 0.0540 e. The zero-order valence-electron chi connectivity index (χ0n) is 35.7. The molecule has 0 radical (unpaired) electrons. The maximum absolute atomic E-state index is 2.68. The minimum absolute atomic E-state index is 0.0737. The smallest absolute Gasteiger partial charge is 0.0540 e. The third-order valence-corrected chi connectivity index (χ3v) is 17.9. The maximum atomic E-state index is 2.68. The summed E-state index contributed by atoms with van der Waals surface area (Å²) >= 11 is 2.02. The molecule has 0 atom stereocenters. The van der Waals surface area contributed by atoms with Crippen LogP contribution in [-0.2, 0) is 21.7 Å². The van der Waals surface area contributed by atoms with Gasteiger partial charge in [0.05, 0.1) is 5.69 Å². The van der Waals surface area contributed by atoms with Gasteiger partial charge in [-0.3, -0.25) is 0 Å². The monoisotopic (exact) mass is 787 g/mol. The zero-order chi connectivity index (χ0) is 40.1. The van der Waals surface area contributed by atoms with Crippen LogP contribution in [0.4, 0.5) is 17.1 Å². The third-order valence-electron chi connectivity index (χ3n) is 16.8. The van der Waals surface area contributed by atoms with Gasteiger partial charge in [-0.15, -0.1) is 0 Å². The average molecular weight is 788 g/mol. The van der Waals surface area contributed by atoms with Crippen molar-refractivity contribution in [2.24, 2.45) is 23.7 Å². The van der Waals surface area contributed by atoms with Crippen LogP contribution in [0.15, 0.2) is 137 Å². The quantitative estimate of drug-likeness (QED) is 0.175. The minimum atomic E-state index is -0.0926. The fourth-order valence-electron chi connectivity index (χ4n) is 14.0. The van der Waals surface area contributed by atoms with Crippen molar-refractivity contribution in [1.82, 2.24) is 0 Å². The number of para-hydroxylation sites is 1. The first-order valence-electron chi connectivity index (χ1n) is 22.6. The van der Waals surface area contributed by atoms with Gasteiger partial charge >= 0.3 is 0 Å². The lowest BCUT2D eigenvalue weighted by Crippen LogP contribution is -2.57. The average Bonchev–Trinajstić information content (AvgIpc) is 3.46. The highest BCUT2D eigenvalue weighted by Gasteiger charge is 2.60. The molecule has 4 bridgehead atoms. The predicted octanol–water partition coefficient (Wildman–Crippen LogP) is 15.7. The number of anilines is 3. The van der Waals surface area contributed by atoms with Crippen molar-refractivity contribution in [2.45, 2.75) is 118 Å². The van der Waals surface area contributed by atoms with Crippen LogP contribution in [0.3, 0.4) is 0 Å². The third kappa shape index (κ3) is 5.11. The first-order chi connectivity index (χ1) is 28.4. The van der Waals surface area contributed by atoms with Crippen molar-refractivity contribution in [3.05, 3.63) is 161 Å².